The molecule has 150 valence electrons. The number of nitrogens with zero attached hydrogens (tertiary/aromatic N) is 2. The average molecular weight is 414 g/mol. The fraction of sp³-hybridized carbons (Fsp3) is 0.385. The molecule has 0 amide bonds. The van der Waals surface area contributed by atoms with Crippen LogP contribution >= 0.6 is 0 Å². The van der Waals surface area contributed by atoms with Crippen LogP contribution in [0.1, 0.15) is 5.56 Å². The van der Waals surface area contributed by atoms with E-state index in [4.69, 9.17) is 0 Å². The summed E-state index contributed by atoms with van der Waals surface area (Å²) in [6.07, 6.45) is -19.6. The Morgan fingerprint density at radius 3 is 1.59 bits per heavy atom. The molecule has 0 aliphatic carbocycles. The van der Waals surface area contributed by atoms with Gasteiger partial charge in [0.15, 0.2) is 0 Å². The Balaban J connectivity index is 2.81. The second-order valence-electron chi connectivity index (χ2n) is 5.04. The first-order valence-electron chi connectivity index (χ1n) is 6.54. The normalized spacial score (nSPS) is 18.5. The lowest BCUT2D eigenvalue weighted by atomic mass is 10.1. The standard InChI is InChI=1S/C13H5F11N2O/c14-9(15,11(16,17)18)8-26-10(12(19,20)21,13(22,23)24)25-7(27-8)6-4-2-1-3-5-6/h1-5H. The first-order valence-corrected chi connectivity index (χ1v) is 6.54. The van der Waals surface area contributed by atoms with Crippen LogP contribution < -0.4 is 0 Å². The molecule has 0 unspecified atom stereocenters. The summed E-state index contributed by atoms with van der Waals surface area (Å²) in [6.45, 7) is 0. The van der Waals surface area contributed by atoms with Crippen molar-refractivity contribution < 1.29 is 53.0 Å². The highest BCUT2D eigenvalue weighted by molar-refractivity contribution is 6.05. The van der Waals surface area contributed by atoms with Crippen molar-refractivity contribution in [3.8, 4) is 0 Å². The Hall–Kier alpha value is -2.41. The lowest BCUT2D eigenvalue weighted by Gasteiger charge is -2.35. The van der Waals surface area contributed by atoms with Gasteiger partial charge >= 0.3 is 30.1 Å². The number of hydrogen-bond acceptors (Lipinski definition) is 3. The Labute approximate surface area is 142 Å². The van der Waals surface area contributed by atoms with Crippen LogP contribution in [0.5, 0.6) is 0 Å². The molecule has 3 nitrogen and oxygen atoms in total. The first-order chi connectivity index (χ1) is 12.0. The van der Waals surface area contributed by atoms with Gasteiger partial charge < -0.3 is 4.74 Å². The molecule has 0 fully saturated rings. The van der Waals surface area contributed by atoms with Crippen molar-refractivity contribution >= 4 is 11.8 Å². The summed E-state index contributed by atoms with van der Waals surface area (Å²) in [5.74, 6) is -11.1. The van der Waals surface area contributed by atoms with E-state index < -0.39 is 47.5 Å². The largest absolute Gasteiger partial charge is 0.463 e. The average Bonchev–Trinajstić information content (AvgIpc) is 2.52. The molecule has 14 heteroatoms. The van der Waals surface area contributed by atoms with E-state index in [0.717, 1.165) is 24.3 Å². The highest BCUT2D eigenvalue weighted by Crippen LogP contribution is 2.50. The molecular weight excluding hydrogens is 409 g/mol. The van der Waals surface area contributed by atoms with Crippen molar-refractivity contribution in [1.82, 2.24) is 0 Å². The third-order valence-electron chi connectivity index (χ3n) is 3.16. The summed E-state index contributed by atoms with van der Waals surface area (Å²) in [5, 5.41) is 0. The zero-order valence-electron chi connectivity index (χ0n) is 12.3. The molecule has 0 atom stereocenters. The van der Waals surface area contributed by atoms with E-state index in [1.54, 1.807) is 4.99 Å². The molecule has 0 saturated carbocycles. The molecule has 1 heterocycles. The van der Waals surface area contributed by atoms with Gasteiger partial charge in [0.2, 0.25) is 5.90 Å². The zero-order valence-corrected chi connectivity index (χ0v) is 12.3. The fourth-order valence-corrected chi connectivity index (χ4v) is 1.83. The van der Waals surface area contributed by atoms with Crippen LogP contribution in [-0.4, -0.2) is 41.9 Å². The van der Waals surface area contributed by atoms with E-state index >= 15 is 0 Å². The Morgan fingerprint density at radius 2 is 1.19 bits per heavy atom. The van der Waals surface area contributed by atoms with Gasteiger partial charge in [-0.2, -0.15) is 48.3 Å². The van der Waals surface area contributed by atoms with E-state index in [-0.39, 0.29) is 0 Å². The summed E-state index contributed by atoms with van der Waals surface area (Å²) in [5.41, 5.74) is -6.31. The van der Waals surface area contributed by atoms with Gasteiger partial charge in [-0.15, -0.1) is 0 Å². The summed E-state index contributed by atoms with van der Waals surface area (Å²) >= 11 is 0. The second kappa shape index (κ2) is 6.05. The van der Waals surface area contributed by atoms with Crippen LogP contribution in [0.2, 0.25) is 0 Å². The number of halogens is 11. The van der Waals surface area contributed by atoms with Gasteiger partial charge in [-0.3, -0.25) is 0 Å². The number of ether oxygens (including phenoxy) is 1. The van der Waals surface area contributed by atoms with Crippen molar-refractivity contribution in [2.75, 3.05) is 0 Å². The highest BCUT2D eigenvalue weighted by atomic mass is 19.4. The third kappa shape index (κ3) is 3.43. The monoisotopic (exact) mass is 414 g/mol. The predicted molar refractivity (Wildman–Crippen MR) is 67.3 cm³/mol. The topological polar surface area (TPSA) is 34.0 Å². The van der Waals surface area contributed by atoms with Crippen LogP contribution in [0, 0.1) is 0 Å². The summed E-state index contributed by atoms with van der Waals surface area (Å²) in [4.78, 5) is 3.78. The number of alkyl halides is 11. The smallest absolute Gasteiger partial charge is 0.418 e. The molecule has 0 bridgehead atoms. The molecule has 2 rings (SSSR count). The van der Waals surface area contributed by atoms with Gasteiger partial charge in [-0.1, -0.05) is 18.2 Å². The molecule has 1 aromatic rings. The molecule has 0 aromatic heterocycles. The Morgan fingerprint density at radius 1 is 0.704 bits per heavy atom. The maximum atomic E-state index is 13.5. The molecule has 1 aliphatic heterocycles. The maximum absolute atomic E-state index is 13.5. The van der Waals surface area contributed by atoms with Gasteiger partial charge in [0.1, 0.15) is 0 Å². The van der Waals surface area contributed by atoms with E-state index in [9.17, 15) is 48.3 Å². The quantitative estimate of drug-likeness (QED) is 0.636. The molecule has 0 N–H and O–H groups in total. The summed E-state index contributed by atoms with van der Waals surface area (Å²) in [6, 6.07) is 4.94. The van der Waals surface area contributed by atoms with Gasteiger partial charge in [-0.25, -0.2) is 9.98 Å². The SMILES string of the molecule is FC(F)(F)C(F)(F)C1=NC(C(F)(F)F)(C(F)(F)F)N=C(c2ccccc2)O1. The Bertz CT molecular complexity index is 745. The summed E-state index contributed by atoms with van der Waals surface area (Å²) < 4.78 is 147. The van der Waals surface area contributed by atoms with Crippen molar-refractivity contribution in [3.05, 3.63) is 35.9 Å². The van der Waals surface area contributed by atoms with Crippen LogP contribution in [0.4, 0.5) is 48.3 Å². The predicted octanol–water partition coefficient (Wildman–Crippen LogP) is 4.88. The van der Waals surface area contributed by atoms with E-state index in [1.807, 2.05) is 0 Å². The van der Waals surface area contributed by atoms with Gasteiger partial charge in [0.05, 0.1) is 0 Å². The molecule has 27 heavy (non-hydrogen) atoms. The second-order valence-corrected chi connectivity index (χ2v) is 5.04. The molecule has 1 aliphatic rings. The lowest BCUT2D eigenvalue weighted by Crippen LogP contribution is -2.59. The van der Waals surface area contributed by atoms with Crippen molar-refractivity contribution in [2.45, 2.75) is 30.1 Å². The van der Waals surface area contributed by atoms with Crippen molar-refractivity contribution in [1.29, 1.82) is 0 Å². The van der Waals surface area contributed by atoms with Crippen molar-refractivity contribution in [2.24, 2.45) is 9.98 Å². The van der Waals surface area contributed by atoms with Crippen LogP contribution in [0.3, 0.4) is 0 Å². The number of rotatable bonds is 2. The molecule has 0 saturated heterocycles. The van der Waals surface area contributed by atoms with Crippen LogP contribution in [0.25, 0.3) is 0 Å². The molecular formula is C13H5F11N2O. The highest BCUT2D eigenvalue weighted by Gasteiger charge is 2.76. The van der Waals surface area contributed by atoms with Gasteiger partial charge in [0, 0.05) is 5.56 Å². The maximum Gasteiger partial charge on any atom is 0.463 e. The summed E-state index contributed by atoms with van der Waals surface area (Å²) in [7, 11) is 0. The molecule has 0 spiro atoms. The minimum atomic E-state index is -6.58. The van der Waals surface area contributed by atoms with Crippen LogP contribution in [0.15, 0.2) is 40.3 Å². The lowest BCUT2D eigenvalue weighted by molar-refractivity contribution is -0.296. The fourth-order valence-electron chi connectivity index (χ4n) is 1.83. The van der Waals surface area contributed by atoms with Crippen molar-refractivity contribution in [3.63, 3.8) is 0 Å². The van der Waals surface area contributed by atoms with Crippen LogP contribution in [-0.2, 0) is 4.74 Å². The molecule has 1 aromatic carbocycles. The minimum absolute atomic E-state index is 0.708. The van der Waals surface area contributed by atoms with E-state index in [0.29, 0.717) is 0 Å². The number of benzene rings is 1. The third-order valence-corrected chi connectivity index (χ3v) is 3.16. The van der Waals surface area contributed by atoms with E-state index in [1.165, 1.54) is 6.07 Å². The van der Waals surface area contributed by atoms with Gasteiger partial charge in [-0.05, 0) is 12.1 Å². The Kier molecular flexibility index (Phi) is 4.69. The minimum Gasteiger partial charge on any atom is -0.418 e. The molecule has 0 radical (unpaired) electrons. The van der Waals surface area contributed by atoms with E-state index in [2.05, 4.69) is 9.73 Å². The number of aliphatic imine (C=N–C) groups is 2. The number of hydrogen-bond donors (Lipinski definition) is 0. The zero-order chi connectivity index (χ0) is 20.9. The first kappa shape index (κ1) is 20.9. The van der Waals surface area contributed by atoms with Gasteiger partial charge in [0.25, 0.3) is 5.90 Å².